The van der Waals surface area contributed by atoms with Gasteiger partial charge in [-0.1, -0.05) is 6.42 Å². The van der Waals surface area contributed by atoms with Crippen LogP contribution in [0.2, 0.25) is 0 Å². The highest BCUT2D eigenvalue weighted by Crippen LogP contribution is 2.29. The molecule has 0 aromatic carbocycles. The molecule has 1 aromatic rings. The molecule has 12 heavy (non-hydrogen) atoms. The van der Waals surface area contributed by atoms with Crippen molar-refractivity contribution in [3.05, 3.63) is 20.8 Å². The van der Waals surface area contributed by atoms with Crippen LogP contribution in [0.25, 0.3) is 0 Å². The van der Waals surface area contributed by atoms with Crippen molar-refractivity contribution in [2.45, 2.75) is 25.3 Å². The standard InChI is InChI=1S/C9H12BrNS/c10-9-5-7(6-12-9)8-3-1-2-4-11-8/h5-6,8,11H,1-4H2. The normalized spacial score (nSPS) is 24.2. The van der Waals surface area contributed by atoms with Gasteiger partial charge in [-0.2, -0.15) is 0 Å². The van der Waals surface area contributed by atoms with Gasteiger partial charge in [-0.3, -0.25) is 0 Å². The first-order valence-electron chi connectivity index (χ1n) is 4.33. The van der Waals surface area contributed by atoms with Crippen molar-refractivity contribution < 1.29 is 0 Å². The molecule has 0 bridgehead atoms. The van der Waals surface area contributed by atoms with Crippen LogP contribution >= 0.6 is 27.3 Å². The maximum absolute atomic E-state index is 3.53. The first kappa shape index (κ1) is 8.73. The van der Waals surface area contributed by atoms with Gasteiger partial charge in [0.25, 0.3) is 0 Å². The fourth-order valence-corrected chi connectivity index (χ4v) is 2.87. The van der Waals surface area contributed by atoms with Gasteiger partial charge in [0.1, 0.15) is 0 Å². The van der Waals surface area contributed by atoms with Crippen molar-refractivity contribution in [2.24, 2.45) is 0 Å². The van der Waals surface area contributed by atoms with Crippen LogP contribution in [0.5, 0.6) is 0 Å². The summed E-state index contributed by atoms with van der Waals surface area (Å²) in [4.78, 5) is 0. The molecule has 1 unspecified atom stereocenters. The Balaban J connectivity index is 2.08. The molecule has 66 valence electrons. The Morgan fingerprint density at radius 1 is 1.50 bits per heavy atom. The zero-order chi connectivity index (χ0) is 8.39. The number of nitrogens with one attached hydrogen (secondary N) is 1. The Bertz CT molecular complexity index is 253. The third-order valence-electron chi connectivity index (χ3n) is 2.30. The smallest absolute Gasteiger partial charge is 0.0701 e. The summed E-state index contributed by atoms with van der Waals surface area (Å²) in [6, 6.07) is 2.84. The molecule has 1 aliphatic rings. The highest BCUT2D eigenvalue weighted by Gasteiger charge is 2.15. The van der Waals surface area contributed by atoms with Crippen molar-refractivity contribution in [1.29, 1.82) is 0 Å². The molecule has 0 spiro atoms. The first-order chi connectivity index (χ1) is 5.86. The van der Waals surface area contributed by atoms with E-state index >= 15 is 0 Å². The Morgan fingerprint density at radius 2 is 2.42 bits per heavy atom. The molecule has 2 rings (SSSR count). The molecule has 3 heteroatoms. The van der Waals surface area contributed by atoms with Crippen molar-refractivity contribution in [1.82, 2.24) is 5.32 Å². The Hall–Kier alpha value is 0.140. The maximum Gasteiger partial charge on any atom is 0.0701 e. The van der Waals surface area contributed by atoms with Gasteiger partial charge in [0.15, 0.2) is 0 Å². The molecule has 1 N–H and O–H groups in total. The number of halogens is 1. The van der Waals surface area contributed by atoms with Gasteiger partial charge in [-0.25, -0.2) is 0 Å². The molecule has 1 saturated heterocycles. The molecule has 1 atom stereocenters. The highest BCUT2D eigenvalue weighted by molar-refractivity contribution is 9.11. The monoisotopic (exact) mass is 245 g/mol. The first-order valence-corrected chi connectivity index (χ1v) is 6.01. The molecule has 1 fully saturated rings. The van der Waals surface area contributed by atoms with Crippen LogP contribution in [0.15, 0.2) is 15.2 Å². The zero-order valence-corrected chi connectivity index (χ0v) is 9.25. The summed E-state index contributed by atoms with van der Waals surface area (Å²) in [5.41, 5.74) is 1.45. The molecular weight excluding hydrogens is 234 g/mol. The second kappa shape index (κ2) is 3.90. The van der Waals surface area contributed by atoms with E-state index < -0.39 is 0 Å². The van der Waals surface area contributed by atoms with Crippen LogP contribution in [-0.4, -0.2) is 6.54 Å². The number of hydrogen-bond acceptors (Lipinski definition) is 2. The van der Waals surface area contributed by atoms with Crippen molar-refractivity contribution in [2.75, 3.05) is 6.54 Å². The van der Waals surface area contributed by atoms with Gasteiger partial charge in [-0.15, -0.1) is 11.3 Å². The Kier molecular flexibility index (Phi) is 2.84. The van der Waals surface area contributed by atoms with Gasteiger partial charge < -0.3 is 5.32 Å². The Morgan fingerprint density at radius 3 is 3.00 bits per heavy atom. The van der Waals surface area contributed by atoms with Gasteiger partial charge in [-0.05, 0) is 52.3 Å². The minimum atomic E-state index is 0.612. The molecule has 0 saturated carbocycles. The maximum atomic E-state index is 3.53. The molecule has 0 aliphatic carbocycles. The molecule has 0 radical (unpaired) electrons. The SMILES string of the molecule is Brc1cc(C2CCCCN2)cs1. The third-order valence-corrected chi connectivity index (χ3v) is 3.82. The van der Waals surface area contributed by atoms with Crippen LogP contribution in [-0.2, 0) is 0 Å². The minimum absolute atomic E-state index is 0.612. The van der Waals surface area contributed by atoms with E-state index in [0.29, 0.717) is 6.04 Å². The average molecular weight is 246 g/mol. The molecule has 1 nitrogen and oxygen atoms in total. The number of rotatable bonds is 1. The second-order valence-electron chi connectivity index (χ2n) is 3.19. The van der Waals surface area contributed by atoms with E-state index in [9.17, 15) is 0 Å². The van der Waals surface area contributed by atoms with E-state index in [2.05, 4.69) is 32.7 Å². The summed E-state index contributed by atoms with van der Waals surface area (Å²) in [7, 11) is 0. The van der Waals surface area contributed by atoms with Gasteiger partial charge in [0, 0.05) is 6.04 Å². The number of piperidine rings is 1. The predicted molar refractivity (Wildman–Crippen MR) is 56.6 cm³/mol. The van der Waals surface area contributed by atoms with Crippen LogP contribution in [0.4, 0.5) is 0 Å². The number of thiophene rings is 1. The van der Waals surface area contributed by atoms with Crippen LogP contribution < -0.4 is 5.32 Å². The summed E-state index contributed by atoms with van der Waals surface area (Å²) in [6.07, 6.45) is 4.00. The summed E-state index contributed by atoms with van der Waals surface area (Å²) in [5, 5.41) is 5.78. The van der Waals surface area contributed by atoms with E-state index in [0.717, 1.165) is 0 Å². The van der Waals surface area contributed by atoms with E-state index in [1.165, 1.54) is 35.2 Å². The van der Waals surface area contributed by atoms with Gasteiger partial charge >= 0.3 is 0 Å². The van der Waals surface area contributed by atoms with Crippen LogP contribution in [0.3, 0.4) is 0 Å². The van der Waals surface area contributed by atoms with E-state index in [1.807, 2.05) is 0 Å². The predicted octanol–water partition coefficient (Wildman–Crippen LogP) is 3.33. The molecule has 0 amide bonds. The highest BCUT2D eigenvalue weighted by atomic mass is 79.9. The molecule has 1 aromatic heterocycles. The van der Waals surface area contributed by atoms with Crippen molar-refractivity contribution in [3.63, 3.8) is 0 Å². The topological polar surface area (TPSA) is 12.0 Å². The lowest BCUT2D eigenvalue weighted by atomic mass is 10.0. The van der Waals surface area contributed by atoms with Crippen LogP contribution in [0.1, 0.15) is 30.9 Å². The number of hydrogen-bond donors (Lipinski definition) is 1. The summed E-state index contributed by atoms with van der Waals surface area (Å²) >= 11 is 5.26. The molecular formula is C9H12BrNS. The second-order valence-corrected chi connectivity index (χ2v) is 5.48. The van der Waals surface area contributed by atoms with Gasteiger partial charge in [0.2, 0.25) is 0 Å². The lowest BCUT2D eigenvalue weighted by Crippen LogP contribution is -2.26. The van der Waals surface area contributed by atoms with Crippen molar-refractivity contribution >= 4 is 27.3 Å². The molecule has 1 aliphatic heterocycles. The quantitative estimate of drug-likeness (QED) is 0.801. The van der Waals surface area contributed by atoms with E-state index in [4.69, 9.17) is 0 Å². The lowest BCUT2D eigenvalue weighted by Gasteiger charge is -2.22. The fourth-order valence-electron chi connectivity index (χ4n) is 1.64. The Labute approximate surface area is 85.3 Å². The average Bonchev–Trinajstić information content (AvgIpc) is 2.54. The largest absolute Gasteiger partial charge is 0.310 e. The van der Waals surface area contributed by atoms with E-state index in [-0.39, 0.29) is 0 Å². The molecule has 2 heterocycles. The van der Waals surface area contributed by atoms with Crippen molar-refractivity contribution in [3.8, 4) is 0 Å². The fraction of sp³-hybridized carbons (Fsp3) is 0.556. The summed E-state index contributed by atoms with van der Waals surface area (Å²) in [6.45, 7) is 1.18. The van der Waals surface area contributed by atoms with E-state index in [1.54, 1.807) is 11.3 Å². The minimum Gasteiger partial charge on any atom is -0.310 e. The summed E-state index contributed by atoms with van der Waals surface area (Å²) in [5.74, 6) is 0. The van der Waals surface area contributed by atoms with Gasteiger partial charge in [0.05, 0.1) is 3.79 Å². The third kappa shape index (κ3) is 1.90. The lowest BCUT2D eigenvalue weighted by molar-refractivity contribution is 0.413. The zero-order valence-electron chi connectivity index (χ0n) is 6.85. The van der Waals surface area contributed by atoms with Crippen LogP contribution in [0, 0.1) is 0 Å². The summed E-state index contributed by atoms with van der Waals surface area (Å²) < 4.78 is 1.24.